The largest absolute Gasteiger partial charge is 0.349 e. The number of hydrogen-bond acceptors (Lipinski definition) is 5. The van der Waals surface area contributed by atoms with Gasteiger partial charge >= 0.3 is 0 Å². The van der Waals surface area contributed by atoms with Gasteiger partial charge in [0.05, 0.1) is 33.7 Å². The molecule has 2 aromatic heterocycles. The predicted molar refractivity (Wildman–Crippen MR) is 112 cm³/mol. The van der Waals surface area contributed by atoms with Crippen molar-refractivity contribution in [1.29, 1.82) is 0 Å². The van der Waals surface area contributed by atoms with Gasteiger partial charge in [0, 0.05) is 13.1 Å². The molecule has 3 heterocycles. The van der Waals surface area contributed by atoms with Crippen molar-refractivity contribution in [3.8, 4) is 0 Å². The molecule has 0 bridgehead atoms. The molecule has 2 aromatic carbocycles. The molecule has 148 valence electrons. The first-order valence-corrected chi connectivity index (χ1v) is 10.5. The number of fused-ring (bicyclic) bond motifs is 2. The molecule has 6 nitrogen and oxygen atoms in total. The Morgan fingerprint density at radius 3 is 3.03 bits per heavy atom. The topological polar surface area (TPSA) is 73.9 Å². The van der Waals surface area contributed by atoms with Gasteiger partial charge in [0.2, 0.25) is 5.91 Å². The third kappa shape index (κ3) is 3.67. The first kappa shape index (κ1) is 18.1. The fourth-order valence-corrected chi connectivity index (χ4v) is 4.82. The lowest BCUT2D eigenvalue weighted by atomic mass is 9.97. The van der Waals surface area contributed by atoms with Gasteiger partial charge in [-0.2, -0.15) is 0 Å². The van der Waals surface area contributed by atoms with E-state index < -0.39 is 0 Å². The van der Waals surface area contributed by atoms with Gasteiger partial charge in [-0.25, -0.2) is 14.4 Å². The number of thiazole rings is 1. The number of rotatable bonds is 4. The van der Waals surface area contributed by atoms with E-state index >= 15 is 0 Å². The third-order valence-corrected chi connectivity index (χ3v) is 6.35. The Bertz CT molecular complexity index is 1150. The number of anilines is 1. The van der Waals surface area contributed by atoms with Crippen LogP contribution in [0.4, 0.5) is 9.52 Å². The monoisotopic (exact) mass is 409 g/mol. The molecule has 5 rings (SSSR count). The lowest BCUT2D eigenvalue weighted by Gasteiger charge is -2.31. The molecule has 4 aromatic rings. The Morgan fingerprint density at radius 2 is 2.14 bits per heavy atom. The van der Waals surface area contributed by atoms with Gasteiger partial charge in [-0.1, -0.05) is 23.5 Å². The molecule has 1 aliphatic rings. The Hall–Kier alpha value is -3.00. The zero-order chi connectivity index (χ0) is 19.8. The van der Waals surface area contributed by atoms with Crippen LogP contribution in [-0.4, -0.2) is 33.9 Å². The van der Waals surface area contributed by atoms with E-state index in [-0.39, 0.29) is 17.6 Å². The highest BCUT2D eigenvalue weighted by Crippen LogP contribution is 2.32. The molecule has 0 radical (unpaired) electrons. The van der Waals surface area contributed by atoms with Crippen LogP contribution in [0.1, 0.15) is 18.7 Å². The summed E-state index contributed by atoms with van der Waals surface area (Å²) in [4.78, 5) is 27.2. The first-order chi connectivity index (χ1) is 14.2. The van der Waals surface area contributed by atoms with Crippen molar-refractivity contribution in [1.82, 2.24) is 20.3 Å². The van der Waals surface area contributed by atoms with Crippen molar-refractivity contribution in [2.24, 2.45) is 5.92 Å². The maximum atomic E-state index is 13.5. The number of aromatic amines is 1. The standard InChI is InChI=1S/C21H20FN5OS/c22-14-7-8-17-18(10-14)29-21(26-17)27-9-3-4-13(12-27)20(28)23-11-19-24-15-5-1-2-6-16(15)25-19/h1-2,5-8,10,13H,3-4,9,11-12H2,(H,23,28)(H,24,25). The van der Waals surface area contributed by atoms with Gasteiger partial charge in [0.1, 0.15) is 11.6 Å². The highest BCUT2D eigenvalue weighted by Gasteiger charge is 2.27. The van der Waals surface area contributed by atoms with E-state index in [1.807, 2.05) is 24.3 Å². The number of benzene rings is 2. The number of imidazole rings is 1. The van der Waals surface area contributed by atoms with Gasteiger partial charge in [-0.15, -0.1) is 0 Å². The highest BCUT2D eigenvalue weighted by molar-refractivity contribution is 7.22. The summed E-state index contributed by atoms with van der Waals surface area (Å²) in [7, 11) is 0. The molecule has 0 saturated carbocycles. The van der Waals surface area contributed by atoms with Crippen LogP contribution in [0.15, 0.2) is 42.5 Å². The number of para-hydroxylation sites is 2. The second-order valence-electron chi connectivity index (χ2n) is 7.31. The van der Waals surface area contributed by atoms with Crippen molar-refractivity contribution in [3.63, 3.8) is 0 Å². The first-order valence-electron chi connectivity index (χ1n) is 9.68. The molecule has 2 N–H and O–H groups in total. The maximum Gasteiger partial charge on any atom is 0.225 e. The van der Waals surface area contributed by atoms with Crippen LogP contribution in [0.5, 0.6) is 0 Å². The minimum atomic E-state index is -0.255. The van der Waals surface area contributed by atoms with E-state index in [0.29, 0.717) is 13.1 Å². The number of hydrogen-bond donors (Lipinski definition) is 2. The molecule has 1 amide bonds. The zero-order valence-electron chi connectivity index (χ0n) is 15.7. The molecule has 1 saturated heterocycles. The fourth-order valence-electron chi connectivity index (χ4n) is 3.79. The zero-order valence-corrected chi connectivity index (χ0v) is 16.5. The molecule has 1 aliphatic heterocycles. The molecule has 1 unspecified atom stereocenters. The summed E-state index contributed by atoms with van der Waals surface area (Å²) in [5, 5.41) is 3.86. The number of nitrogens with one attached hydrogen (secondary N) is 2. The fraction of sp³-hybridized carbons (Fsp3) is 0.286. The molecule has 1 fully saturated rings. The Balaban J connectivity index is 1.25. The minimum absolute atomic E-state index is 0.0299. The van der Waals surface area contributed by atoms with Crippen molar-refractivity contribution in [2.45, 2.75) is 19.4 Å². The Kier molecular flexibility index (Phi) is 4.63. The van der Waals surface area contributed by atoms with Gasteiger partial charge in [0.25, 0.3) is 0 Å². The van der Waals surface area contributed by atoms with Crippen LogP contribution >= 0.6 is 11.3 Å². The summed E-state index contributed by atoms with van der Waals surface area (Å²) >= 11 is 1.47. The van der Waals surface area contributed by atoms with E-state index in [9.17, 15) is 9.18 Å². The van der Waals surface area contributed by atoms with Crippen LogP contribution in [0, 0.1) is 11.7 Å². The third-order valence-electron chi connectivity index (χ3n) is 5.27. The number of piperidine rings is 1. The lowest BCUT2D eigenvalue weighted by molar-refractivity contribution is -0.125. The number of halogens is 1. The Labute approximate surface area is 170 Å². The summed E-state index contributed by atoms with van der Waals surface area (Å²) < 4.78 is 14.3. The number of carbonyl (C=O) groups is 1. The normalized spacial score (nSPS) is 17.1. The smallest absolute Gasteiger partial charge is 0.225 e. The number of H-pyrrole nitrogens is 1. The average Bonchev–Trinajstić information content (AvgIpc) is 3.35. The van der Waals surface area contributed by atoms with Crippen LogP contribution in [-0.2, 0) is 11.3 Å². The second-order valence-corrected chi connectivity index (χ2v) is 8.32. The summed E-state index contributed by atoms with van der Waals surface area (Å²) in [6.45, 7) is 1.86. The lowest BCUT2D eigenvalue weighted by Crippen LogP contribution is -2.43. The van der Waals surface area contributed by atoms with Crippen molar-refractivity contribution < 1.29 is 9.18 Å². The van der Waals surface area contributed by atoms with Crippen LogP contribution < -0.4 is 10.2 Å². The summed E-state index contributed by atoms with van der Waals surface area (Å²) in [5.74, 6) is 0.425. The minimum Gasteiger partial charge on any atom is -0.349 e. The highest BCUT2D eigenvalue weighted by atomic mass is 32.1. The number of nitrogens with zero attached hydrogens (tertiary/aromatic N) is 3. The van der Waals surface area contributed by atoms with Crippen molar-refractivity contribution >= 4 is 43.6 Å². The SMILES string of the molecule is O=C(NCc1nc2ccccc2[nH]1)C1CCCN(c2nc3ccc(F)cc3s2)C1. The molecule has 1 atom stereocenters. The molecule has 29 heavy (non-hydrogen) atoms. The van der Waals surface area contributed by atoms with E-state index in [1.54, 1.807) is 6.07 Å². The van der Waals surface area contributed by atoms with E-state index in [4.69, 9.17) is 0 Å². The summed E-state index contributed by atoms with van der Waals surface area (Å²) in [6.07, 6.45) is 1.77. The van der Waals surface area contributed by atoms with Gasteiger partial charge < -0.3 is 15.2 Å². The van der Waals surface area contributed by atoms with Gasteiger partial charge in [-0.3, -0.25) is 4.79 Å². The van der Waals surface area contributed by atoms with Crippen LogP contribution in [0.2, 0.25) is 0 Å². The van der Waals surface area contributed by atoms with Crippen molar-refractivity contribution in [3.05, 3.63) is 54.1 Å². The quantitative estimate of drug-likeness (QED) is 0.537. The molecular formula is C21H20FN5OS. The number of amides is 1. The second kappa shape index (κ2) is 7.44. The molecule has 0 spiro atoms. The Morgan fingerprint density at radius 1 is 1.24 bits per heavy atom. The number of aromatic nitrogens is 3. The average molecular weight is 409 g/mol. The molecule has 0 aliphatic carbocycles. The maximum absolute atomic E-state index is 13.5. The predicted octanol–water partition coefficient (Wildman–Crippen LogP) is 3.84. The van der Waals surface area contributed by atoms with Gasteiger partial charge in [0.15, 0.2) is 5.13 Å². The van der Waals surface area contributed by atoms with Crippen LogP contribution in [0.3, 0.4) is 0 Å². The summed E-state index contributed by atoms with van der Waals surface area (Å²) in [6, 6.07) is 12.4. The van der Waals surface area contributed by atoms with E-state index in [2.05, 4.69) is 25.2 Å². The van der Waals surface area contributed by atoms with E-state index in [0.717, 1.165) is 51.6 Å². The van der Waals surface area contributed by atoms with E-state index in [1.165, 1.54) is 23.5 Å². The van der Waals surface area contributed by atoms with Crippen LogP contribution in [0.25, 0.3) is 21.3 Å². The summed E-state index contributed by atoms with van der Waals surface area (Å²) in [5.41, 5.74) is 2.66. The van der Waals surface area contributed by atoms with Crippen molar-refractivity contribution in [2.75, 3.05) is 18.0 Å². The van der Waals surface area contributed by atoms with Gasteiger partial charge in [-0.05, 0) is 43.2 Å². The molecule has 8 heteroatoms. The molecular weight excluding hydrogens is 389 g/mol. The number of carbonyl (C=O) groups excluding carboxylic acids is 1.